The van der Waals surface area contributed by atoms with Crippen molar-refractivity contribution in [1.82, 2.24) is 0 Å². The predicted molar refractivity (Wildman–Crippen MR) is 56.1 cm³/mol. The Bertz CT molecular complexity index is 198. The van der Waals surface area contributed by atoms with E-state index in [-0.39, 0.29) is 12.2 Å². The zero-order valence-electron chi connectivity index (χ0n) is 9.33. The summed E-state index contributed by atoms with van der Waals surface area (Å²) >= 11 is 0. The number of aliphatic hydroxyl groups is 1. The lowest BCUT2D eigenvalue weighted by Gasteiger charge is -2.41. The molecule has 3 unspecified atom stereocenters. The quantitative estimate of drug-likeness (QED) is 0.754. The molecule has 0 radical (unpaired) electrons. The maximum absolute atomic E-state index is 10.1. The number of ether oxygens (including phenoxy) is 1. The van der Waals surface area contributed by atoms with Gasteiger partial charge < -0.3 is 9.84 Å². The van der Waals surface area contributed by atoms with Gasteiger partial charge in [-0.3, -0.25) is 0 Å². The van der Waals surface area contributed by atoms with E-state index in [1.54, 1.807) is 0 Å². The van der Waals surface area contributed by atoms with E-state index in [1.807, 2.05) is 0 Å². The minimum atomic E-state index is -0.141. The molecule has 1 heterocycles. The molecule has 2 aliphatic rings. The van der Waals surface area contributed by atoms with Gasteiger partial charge in [0.15, 0.2) is 0 Å². The summed E-state index contributed by atoms with van der Waals surface area (Å²) in [5, 5.41) is 10.1. The minimum absolute atomic E-state index is 0.141. The van der Waals surface area contributed by atoms with Gasteiger partial charge in [0, 0.05) is 12.5 Å². The van der Waals surface area contributed by atoms with Gasteiger partial charge in [0.1, 0.15) is 0 Å². The van der Waals surface area contributed by atoms with E-state index in [0.29, 0.717) is 11.3 Å². The largest absolute Gasteiger partial charge is 0.393 e. The van der Waals surface area contributed by atoms with Gasteiger partial charge in [0.25, 0.3) is 0 Å². The molecule has 2 nitrogen and oxygen atoms in total. The first-order valence-electron chi connectivity index (χ1n) is 5.90. The fourth-order valence-electron chi connectivity index (χ4n) is 2.89. The minimum Gasteiger partial charge on any atom is -0.393 e. The average molecular weight is 198 g/mol. The Labute approximate surface area is 86.6 Å². The first-order chi connectivity index (χ1) is 6.61. The van der Waals surface area contributed by atoms with Gasteiger partial charge in [-0.25, -0.2) is 0 Å². The fourth-order valence-corrected chi connectivity index (χ4v) is 2.89. The highest BCUT2D eigenvalue weighted by Gasteiger charge is 2.38. The van der Waals surface area contributed by atoms with Gasteiger partial charge in [-0.2, -0.15) is 0 Å². The molecule has 0 bridgehead atoms. The van der Waals surface area contributed by atoms with Crippen LogP contribution in [-0.4, -0.2) is 23.9 Å². The first-order valence-corrected chi connectivity index (χ1v) is 5.90. The van der Waals surface area contributed by atoms with Crippen LogP contribution in [0.25, 0.3) is 0 Å². The normalized spacial score (nSPS) is 37.9. The molecular weight excluding hydrogens is 176 g/mol. The molecule has 0 aromatic rings. The third-order valence-corrected chi connectivity index (χ3v) is 4.19. The Morgan fingerprint density at radius 1 is 1.50 bits per heavy atom. The third-order valence-electron chi connectivity index (χ3n) is 4.19. The molecule has 82 valence electrons. The van der Waals surface area contributed by atoms with Crippen molar-refractivity contribution in [2.75, 3.05) is 6.61 Å². The third kappa shape index (κ3) is 1.96. The van der Waals surface area contributed by atoms with Crippen LogP contribution >= 0.6 is 0 Å². The van der Waals surface area contributed by atoms with Crippen molar-refractivity contribution >= 4 is 0 Å². The zero-order chi connectivity index (χ0) is 10.2. The highest BCUT2D eigenvalue weighted by Crippen LogP contribution is 2.45. The van der Waals surface area contributed by atoms with Gasteiger partial charge in [0.2, 0.25) is 0 Å². The van der Waals surface area contributed by atoms with Crippen LogP contribution in [0.2, 0.25) is 0 Å². The van der Waals surface area contributed by atoms with Crippen LogP contribution in [0.5, 0.6) is 0 Å². The van der Waals surface area contributed by atoms with Gasteiger partial charge in [-0.15, -0.1) is 0 Å². The molecule has 0 aromatic heterocycles. The lowest BCUT2D eigenvalue weighted by molar-refractivity contribution is -0.00325. The Morgan fingerprint density at radius 3 is 2.64 bits per heavy atom. The Balaban J connectivity index is 1.85. The van der Waals surface area contributed by atoms with Gasteiger partial charge in [-0.1, -0.05) is 13.3 Å². The van der Waals surface area contributed by atoms with Crippen molar-refractivity contribution in [3.63, 3.8) is 0 Å². The van der Waals surface area contributed by atoms with Gasteiger partial charge in [0.05, 0.1) is 12.2 Å². The topological polar surface area (TPSA) is 29.5 Å². The molecule has 0 spiro atoms. The molecule has 2 heteroatoms. The number of aliphatic hydroxyl groups excluding tert-OH is 1. The Kier molecular flexibility index (Phi) is 2.85. The molecule has 1 N–H and O–H groups in total. The SMILES string of the molecule is CC1OCCC1C(O)CC1(C)CCC1. The highest BCUT2D eigenvalue weighted by atomic mass is 16.5. The molecule has 1 saturated heterocycles. The molecule has 0 amide bonds. The van der Waals surface area contributed by atoms with Gasteiger partial charge >= 0.3 is 0 Å². The maximum atomic E-state index is 10.1. The number of hydrogen-bond donors (Lipinski definition) is 1. The van der Waals surface area contributed by atoms with E-state index in [4.69, 9.17) is 4.74 Å². The lowest BCUT2D eigenvalue weighted by Crippen LogP contribution is -2.35. The second-order valence-corrected chi connectivity index (χ2v) is 5.46. The van der Waals surface area contributed by atoms with Crippen LogP contribution in [0.4, 0.5) is 0 Å². The van der Waals surface area contributed by atoms with E-state index in [0.717, 1.165) is 19.4 Å². The average Bonchev–Trinajstić information content (AvgIpc) is 2.48. The molecule has 1 aliphatic carbocycles. The van der Waals surface area contributed by atoms with Crippen molar-refractivity contribution in [1.29, 1.82) is 0 Å². The molecule has 2 fully saturated rings. The Morgan fingerprint density at radius 2 is 2.21 bits per heavy atom. The van der Waals surface area contributed by atoms with Crippen LogP contribution < -0.4 is 0 Å². The van der Waals surface area contributed by atoms with E-state index in [2.05, 4.69) is 13.8 Å². The Hall–Kier alpha value is -0.0800. The first kappa shape index (κ1) is 10.4. The molecule has 0 aromatic carbocycles. The van der Waals surface area contributed by atoms with Gasteiger partial charge in [-0.05, 0) is 38.0 Å². The van der Waals surface area contributed by atoms with Crippen LogP contribution in [0.3, 0.4) is 0 Å². The monoisotopic (exact) mass is 198 g/mol. The molecule has 3 atom stereocenters. The van der Waals surface area contributed by atoms with Crippen molar-refractivity contribution in [2.45, 2.75) is 58.2 Å². The van der Waals surface area contributed by atoms with Crippen molar-refractivity contribution in [2.24, 2.45) is 11.3 Å². The summed E-state index contributed by atoms with van der Waals surface area (Å²) in [6.45, 7) is 5.23. The molecule has 1 saturated carbocycles. The lowest BCUT2D eigenvalue weighted by atomic mass is 9.66. The van der Waals surface area contributed by atoms with Crippen LogP contribution in [0.15, 0.2) is 0 Å². The highest BCUT2D eigenvalue weighted by molar-refractivity contribution is 4.89. The summed E-state index contributed by atoms with van der Waals surface area (Å²) in [7, 11) is 0. The van der Waals surface area contributed by atoms with Crippen molar-refractivity contribution in [3.05, 3.63) is 0 Å². The zero-order valence-corrected chi connectivity index (χ0v) is 9.33. The maximum Gasteiger partial charge on any atom is 0.0600 e. The number of hydrogen-bond acceptors (Lipinski definition) is 2. The predicted octanol–water partition coefficient (Wildman–Crippen LogP) is 2.35. The summed E-state index contributed by atoms with van der Waals surface area (Å²) in [6, 6.07) is 0. The number of rotatable bonds is 3. The standard InChI is InChI=1S/C12H22O2/c1-9-10(4-7-14-9)11(13)8-12(2)5-3-6-12/h9-11,13H,3-8H2,1-2H3. The summed E-state index contributed by atoms with van der Waals surface area (Å²) < 4.78 is 5.49. The van der Waals surface area contributed by atoms with Crippen LogP contribution in [-0.2, 0) is 4.74 Å². The smallest absolute Gasteiger partial charge is 0.0600 e. The second kappa shape index (κ2) is 3.82. The van der Waals surface area contributed by atoms with E-state index in [1.165, 1.54) is 19.3 Å². The van der Waals surface area contributed by atoms with E-state index in [9.17, 15) is 5.11 Å². The summed E-state index contributed by atoms with van der Waals surface area (Å²) in [5.41, 5.74) is 0.432. The second-order valence-electron chi connectivity index (χ2n) is 5.46. The van der Waals surface area contributed by atoms with E-state index < -0.39 is 0 Å². The fraction of sp³-hybridized carbons (Fsp3) is 1.00. The van der Waals surface area contributed by atoms with E-state index >= 15 is 0 Å². The van der Waals surface area contributed by atoms with Crippen LogP contribution in [0, 0.1) is 11.3 Å². The summed E-state index contributed by atoms with van der Waals surface area (Å²) in [6.07, 6.45) is 6.08. The molecule has 2 rings (SSSR count). The van der Waals surface area contributed by atoms with Crippen molar-refractivity contribution in [3.8, 4) is 0 Å². The van der Waals surface area contributed by atoms with Crippen LogP contribution in [0.1, 0.15) is 46.0 Å². The molecule has 1 aliphatic heterocycles. The molecule has 14 heavy (non-hydrogen) atoms. The summed E-state index contributed by atoms with van der Waals surface area (Å²) in [5.74, 6) is 0.382. The summed E-state index contributed by atoms with van der Waals surface area (Å²) in [4.78, 5) is 0. The molecular formula is C12H22O2. The van der Waals surface area contributed by atoms with Crippen molar-refractivity contribution < 1.29 is 9.84 Å².